The summed E-state index contributed by atoms with van der Waals surface area (Å²) < 4.78 is 5.46. The first-order chi connectivity index (χ1) is 9.08. The third kappa shape index (κ3) is 3.55. The van der Waals surface area contributed by atoms with Gasteiger partial charge in [-0.3, -0.25) is 0 Å². The molecule has 0 bridgehead atoms. The Labute approximate surface area is 118 Å². The summed E-state index contributed by atoms with van der Waals surface area (Å²) in [6.45, 7) is 4.55. The van der Waals surface area contributed by atoms with E-state index in [2.05, 4.69) is 5.32 Å². The summed E-state index contributed by atoms with van der Waals surface area (Å²) in [7, 11) is 0. The van der Waals surface area contributed by atoms with Crippen molar-refractivity contribution < 1.29 is 4.74 Å². The zero-order valence-corrected chi connectivity index (χ0v) is 11.8. The summed E-state index contributed by atoms with van der Waals surface area (Å²) >= 11 is 6.20. The number of halogens is 1. The van der Waals surface area contributed by atoms with Gasteiger partial charge in [0, 0.05) is 23.5 Å². The Bertz CT molecular complexity index is 584. The Hall–Kier alpha value is -1.87. The molecule has 0 unspecified atom stereocenters. The molecule has 0 atom stereocenters. The van der Waals surface area contributed by atoms with Crippen LogP contribution in [0.5, 0.6) is 5.75 Å². The van der Waals surface area contributed by atoms with Gasteiger partial charge in [-0.1, -0.05) is 17.7 Å². The molecule has 0 amide bonds. The number of nitrogens with one attached hydrogen (secondary N) is 1. The standard InChI is InChI=1S/C15H17ClN2O/c1-3-19-13-8-11(17)7-12(9-13)18-15-5-4-10(2)6-14(15)16/h4-9,18H,3,17H2,1-2H3. The van der Waals surface area contributed by atoms with E-state index in [1.807, 2.05) is 44.2 Å². The van der Waals surface area contributed by atoms with Crippen molar-refractivity contribution in [2.75, 3.05) is 17.7 Å². The molecule has 0 radical (unpaired) electrons. The van der Waals surface area contributed by atoms with Gasteiger partial charge in [-0.25, -0.2) is 0 Å². The van der Waals surface area contributed by atoms with E-state index in [4.69, 9.17) is 22.1 Å². The molecular formula is C15H17ClN2O. The number of benzene rings is 2. The van der Waals surface area contributed by atoms with Gasteiger partial charge in [0.05, 0.1) is 17.3 Å². The number of aryl methyl sites for hydroxylation is 1. The van der Waals surface area contributed by atoms with Crippen molar-refractivity contribution in [2.24, 2.45) is 0 Å². The summed E-state index contributed by atoms with van der Waals surface area (Å²) in [6.07, 6.45) is 0. The molecule has 0 spiro atoms. The fourth-order valence-corrected chi connectivity index (χ4v) is 2.10. The maximum absolute atomic E-state index is 6.20. The lowest BCUT2D eigenvalue weighted by Gasteiger charge is -2.12. The average molecular weight is 277 g/mol. The van der Waals surface area contributed by atoms with Crippen molar-refractivity contribution >= 4 is 28.7 Å². The minimum Gasteiger partial charge on any atom is -0.494 e. The van der Waals surface area contributed by atoms with Crippen LogP contribution in [-0.2, 0) is 0 Å². The average Bonchev–Trinajstić information content (AvgIpc) is 2.32. The van der Waals surface area contributed by atoms with Crippen LogP contribution in [0.2, 0.25) is 5.02 Å². The first-order valence-corrected chi connectivity index (χ1v) is 6.53. The van der Waals surface area contributed by atoms with E-state index in [1.54, 1.807) is 6.07 Å². The van der Waals surface area contributed by atoms with Crippen molar-refractivity contribution in [1.82, 2.24) is 0 Å². The van der Waals surface area contributed by atoms with Gasteiger partial charge in [-0.15, -0.1) is 0 Å². The molecule has 3 N–H and O–H groups in total. The molecule has 4 heteroatoms. The highest BCUT2D eigenvalue weighted by Crippen LogP contribution is 2.29. The molecule has 19 heavy (non-hydrogen) atoms. The van der Waals surface area contributed by atoms with E-state index >= 15 is 0 Å². The highest BCUT2D eigenvalue weighted by Gasteiger charge is 2.04. The minimum absolute atomic E-state index is 0.605. The first-order valence-electron chi connectivity index (χ1n) is 6.15. The summed E-state index contributed by atoms with van der Waals surface area (Å²) in [5.74, 6) is 0.744. The van der Waals surface area contributed by atoms with Gasteiger partial charge in [0.25, 0.3) is 0 Å². The maximum atomic E-state index is 6.20. The summed E-state index contributed by atoms with van der Waals surface area (Å²) in [4.78, 5) is 0. The van der Waals surface area contributed by atoms with Gasteiger partial charge < -0.3 is 15.8 Å². The van der Waals surface area contributed by atoms with Crippen molar-refractivity contribution in [2.45, 2.75) is 13.8 Å². The third-order valence-corrected chi connectivity index (χ3v) is 2.96. The summed E-state index contributed by atoms with van der Waals surface area (Å²) in [5, 5.41) is 3.93. The molecule has 0 fully saturated rings. The molecule has 0 heterocycles. The van der Waals surface area contributed by atoms with Gasteiger partial charge in [0.15, 0.2) is 0 Å². The van der Waals surface area contributed by atoms with Crippen molar-refractivity contribution in [3.05, 3.63) is 47.0 Å². The van der Waals surface area contributed by atoms with Gasteiger partial charge in [-0.2, -0.15) is 0 Å². The molecule has 0 saturated carbocycles. The zero-order valence-electron chi connectivity index (χ0n) is 11.0. The maximum Gasteiger partial charge on any atom is 0.123 e. The van der Waals surface area contributed by atoms with E-state index in [0.717, 1.165) is 22.7 Å². The Balaban J connectivity index is 2.27. The SMILES string of the molecule is CCOc1cc(N)cc(Nc2ccc(C)cc2Cl)c1. The second kappa shape index (κ2) is 5.85. The van der Waals surface area contributed by atoms with Gasteiger partial charge >= 0.3 is 0 Å². The molecule has 0 aromatic heterocycles. The van der Waals surface area contributed by atoms with Crippen LogP contribution < -0.4 is 15.8 Å². The van der Waals surface area contributed by atoms with E-state index in [9.17, 15) is 0 Å². The monoisotopic (exact) mass is 276 g/mol. The van der Waals surface area contributed by atoms with E-state index < -0.39 is 0 Å². The van der Waals surface area contributed by atoms with Crippen LogP contribution in [0.1, 0.15) is 12.5 Å². The zero-order chi connectivity index (χ0) is 13.8. The molecule has 0 saturated heterocycles. The first kappa shape index (κ1) is 13.6. The Morgan fingerprint density at radius 1 is 1.21 bits per heavy atom. The van der Waals surface area contributed by atoms with Crippen LogP contribution in [0.4, 0.5) is 17.1 Å². The van der Waals surface area contributed by atoms with Crippen LogP contribution in [0, 0.1) is 6.92 Å². The van der Waals surface area contributed by atoms with Crippen LogP contribution in [0.15, 0.2) is 36.4 Å². The van der Waals surface area contributed by atoms with Gasteiger partial charge in [0.2, 0.25) is 0 Å². The Morgan fingerprint density at radius 2 is 2.00 bits per heavy atom. The number of anilines is 3. The quantitative estimate of drug-likeness (QED) is 0.815. The lowest BCUT2D eigenvalue weighted by molar-refractivity contribution is 0.340. The molecule has 0 aliphatic rings. The molecule has 3 nitrogen and oxygen atoms in total. The highest BCUT2D eigenvalue weighted by atomic mass is 35.5. The summed E-state index contributed by atoms with van der Waals surface area (Å²) in [6, 6.07) is 11.4. The molecule has 2 aromatic rings. The van der Waals surface area contributed by atoms with E-state index in [0.29, 0.717) is 17.3 Å². The van der Waals surface area contributed by atoms with Crippen LogP contribution in [0.25, 0.3) is 0 Å². The normalized spacial score (nSPS) is 10.3. The largest absolute Gasteiger partial charge is 0.494 e. The molecule has 0 aliphatic heterocycles. The fraction of sp³-hybridized carbons (Fsp3) is 0.200. The lowest BCUT2D eigenvalue weighted by atomic mass is 10.2. The van der Waals surface area contributed by atoms with Crippen LogP contribution >= 0.6 is 11.6 Å². The van der Waals surface area contributed by atoms with Crippen molar-refractivity contribution in [3.8, 4) is 5.75 Å². The number of ether oxygens (including phenoxy) is 1. The van der Waals surface area contributed by atoms with Gasteiger partial charge in [0.1, 0.15) is 5.75 Å². The second-order valence-corrected chi connectivity index (χ2v) is 4.74. The van der Waals surface area contributed by atoms with Crippen LogP contribution in [-0.4, -0.2) is 6.61 Å². The predicted octanol–water partition coefficient (Wildman–Crippen LogP) is 4.37. The predicted molar refractivity (Wildman–Crippen MR) is 81.5 cm³/mol. The van der Waals surface area contributed by atoms with Crippen molar-refractivity contribution in [1.29, 1.82) is 0 Å². The number of hydrogen-bond acceptors (Lipinski definition) is 3. The Morgan fingerprint density at radius 3 is 2.68 bits per heavy atom. The second-order valence-electron chi connectivity index (χ2n) is 4.33. The highest BCUT2D eigenvalue weighted by molar-refractivity contribution is 6.33. The number of rotatable bonds is 4. The van der Waals surface area contributed by atoms with E-state index in [1.165, 1.54) is 0 Å². The smallest absolute Gasteiger partial charge is 0.123 e. The molecular weight excluding hydrogens is 260 g/mol. The summed E-state index contributed by atoms with van der Waals surface area (Å²) in [5.41, 5.74) is 9.33. The van der Waals surface area contributed by atoms with E-state index in [-0.39, 0.29) is 0 Å². The van der Waals surface area contributed by atoms with Gasteiger partial charge in [-0.05, 0) is 37.6 Å². The minimum atomic E-state index is 0.605. The third-order valence-electron chi connectivity index (χ3n) is 2.64. The number of nitrogen functional groups attached to an aromatic ring is 1. The van der Waals surface area contributed by atoms with Crippen LogP contribution in [0.3, 0.4) is 0 Å². The number of hydrogen-bond donors (Lipinski definition) is 2. The number of nitrogens with two attached hydrogens (primary N) is 1. The lowest BCUT2D eigenvalue weighted by Crippen LogP contribution is -1.97. The topological polar surface area (TPSA) is 47.3 Å². The molecule has 0 aliphatic carbocycles. The molecule has 100 valence electrons. The molecule has 2 rings (SSSR count). The Kier molecular flexibility index (Phi) is 4.17. The van der Waals surface area contributed by atoms with Crippen molar-refractivity contribution in [3.63, 3.8) is 0 Å². The fourth-order valence-electron chi connectivity index (χ4n) is 1.82. The molecule has 2 aromatic carbocycles.